The summed E-state index contributed by atoms with van der Waals surface area (Å²) in [5.74, 6) is 0.769. The van der Waals surface area contributed by atoms with Crippen molar-refractivity contribution in [2.75, 3.05) is 18.4 Å². The number of amides is 2. The van der Waals surface area contributed by atoms with E-state index in [4.69, 9.17) is 0 Å². The lowest BCUT2D eigenvalue weighted by atomic mass is 9.92. The molecule has 0 bridgehead atoms. The molecule has 2 aliphatic rings. The van der Waals surface area contributed by atoms with Gasteiger partial charge in [-0.25, -0.2) is 0 Å². The first-order chi connectivity index (χ1) is 16.5. The van der Waals surface area contributed by atoms with Gasteiger partial charge in [0.05, 0.1) is 0 Å². The summed E-state index contributed by atoms with van der Waals surface area (Å²) in [6.07, 6.45) is 7.91. The zero-order chi connectivity index (χ0) is 23.9. The number of likely N-dealkylation sites (tertiary alicyclic amines) is 1. The molecular formula is C29H39N3O2. The highest BCUT2D eigenvalue weighted by atomic mass is 16.2. The largest absolute Gasteiger partial charge is 0.353 e. The summed E-state index contributed by atoms with van der Waals surface area (Å²) in [5, 5.41) is 6.34. The first-order valence-corrected chi connectivity index (χ1v) is 13.0. The van der Waals surface area contributed by atoms with Crippen LogP contribution >= 0.6 is 0 Å². The first kappa shape index (κ1) is 24.5. The lowest BCUT2D eigenvalue weighted by molar-refractivity contribution is -0.127. The van der Waals surface area contributed by atoms with Crippen LogP contribution in [0, 0.1) is 5.92 Å². The van der Waals surface area contributed by atoms with Gasteiger partial charge in [-0.1, -0.05) is 57.4 Å². The number of anilines is 1. The van der Waals surface area contributed by atoms with Crippen LogP contribution in [-0.4, -0.2) is 35.8 Å². The Bertz CT molecular complexity index is 956. The Morgan fingerprint density at radius 1 is 0.941 bits per heavy atom. The predicted molar refractivity (Wildman–Crippen MR) is 138 cm³/mol. The molecule has 2 aromatic carbocycles. The molecule has 1 saturated carbocycles. The molecule has 34 heavy (non-hydrogen) atoms. The molecule has 5 heteroatoms. The number of benzene rings is 2. The third-order valence-electron chi connectivity index (χ3n) is 7.34. The Morgan fingerprint density at radius 2 is 1.65 bits per heavy atom. The van der Waals surface area contributed by atoms with Crippen LogP contribution in [-0.2, 0) is 11.3 Å². The average Bonchev–Trinajstić information content (AvgIpc) is 2.85. The maximum atomic E-state index is 12.7. The molecule has 2 fully saturated rings. The number of carbonyl (C=O) groups is 2. The smallest absolute Gasteiger partial charge is 0.255 e. The van der Waals surface area contributed by atoms with Crippen molar-refractivity contribution in [3.8, 4) is 0 Å². The Hall–Kier alpha value is -2.66. The second kappa shape index (κ2) is 11.7. The third-order valence-corrected chi connectivity index (χ3v) is 7.34. The molecule has 1 heterocycles. The summed E-state index contributed by atoms with van der Waals surface area (Å²) in [4.78, 5) is 27.8. The number of carbonyl (C=O) groups excluding carboxylic acids is 2. The van der Waals surface area contributed by atoms with Gasteiger partial charge in [0.2, 0.25) is 5.91 Å². The molecule has 2 aromatic rings. The fourth-order valence-electron chi connectivity index (χ4n) is 5.15. The Morgan fingerprint density at radius 3 is 2.32 bits per heavy atom. The summed E-state index contributed by atoms with van der Waals surface area (Å²) in [5.41, 5.74) is 3.90. The number of piperidine rings is 1. The minimum atomic E-state index is -0.0859. The number of hydrogen-bond donors (Lipinski definition) is 2. The maximum Gasteiger partial charge on any atom is 0.255 e. The van der Waals surface area contributed by atoms with Crippen LogP contribution in [0.15, 0.2) is 48.5 Å². The highest BCUT2D eigenvalue weighted by Gasteiger charge is 2.27. The zero-order valence-corrected chi connectivity index (χ0v) is 20.7. The predicted octanol–water partition coefficient (Wildman–Crippen LogP) is 5.72. The number of nitrogens with one attached hydrogen (secondary N) is 2. The molecule has 2 amide bonds. The van der Waals surface area contributed by atoms with E-state index in [1.807, 2.05) is 36.4 Å². The highest BCUT2D eigenvalue weighted by Crippen LogP contribution is 2.23. The van der Waals surface area contributed by atoms with E-state index in [2.05, 4.69) is 41.5 Å². The van der Waals surface area contributed by atoms with Crippen molar-refractivity contribution in [1.82, 2.24) is 10.2 Å². The van der Waals surface area contributed by atoms with Crippen LogP contribution in [0.4, 0.5) is 5.69 Å². The van der Waals surface area contributed by atoms with Gasteiger partial charge in [-0.05, 0) is 80.1 Å². The van der Waals surface area contributed by atoms with E-state index in [0.717, 1.165) is 51.0 Å². The van der Waals surface area contributed by atoms with E-state index in [1.54, 1.807) is 0 Å². The molecule has 0 radical (unpaired) electrons. The number of rotatable bonds is 7. The summed E-state index contributed by atoms with van der Waals surface area (Å²) in [6, 6.07) is 16.3. The molecular weight excluding hydrogens is 422 g/mol. The molecule has 1 aliphatic carbocycles. The SMILES string of the molecule is CC(C)c1ccc(C(=O)Nc2cccc(CN3CCC(C(=O)NC4CCCCC4)CC3)c2)cc1. The Labute approximate surface area is 204 Å². The van der Waals surface area contributed by atoms with Gasteiger partial charge >= 0.3 is 0 Å². The highest BCUT2D eigenvalue weighted by molar-refractivity contribution is 6.04. The van der Waals surface area contributed by atoms with Gasteiger partial charge in [0.15, 0.2) is 0 Å². The van der Waals surface area contributed by atoms with Gasteiger partial charge in [0.25, 0.3) is 5.91 Å². The second-order valence-corrected chi connectivity index (χ2v) is 10.3. The van der Waals surface area contributed by atoms with Gasteiger partial charge in [-0.3, -0.25) is 14.5 Å². The topological polar surface area (TPSA) is 61.4 Å². The standard InChI is InChI=1S/C29H39N3O2/c1-21(2)23-11-13-24(14-12-23)28(33)31-27-10-6-7-22(19-27)20-32-17-15-25(16-18-32)29(34)30-26-8-4-3-5-9-26/h6-7,10-14,19,21,25-26H,3-5,8-9,15-18,20H2,1-2H3,(H,30,34)(H,31,33). The Kier molecular flexibility index (Phi) is 8.39. The van der Waals surface area contributed by atoms with Crippen LogP contribution in [0.1, 0.15) is 86.2 Å². The maximum absolute atomic E-state index is 12.7. The van der Waals surface area contributed by atoms with E-state index >= 15 is 0 Å². The minimum absolute atomic E-state index is 0.0859. The van der Waals surface area contributed by atoms with E-state index in [0.29, 0.717) is 17.5 Å². The second-order valence-electron chi connectivity index (χ2n) is 10.3. The van der Waals surface area contributed by atoms with E-state index in [-0.39, 0.29) is 17.7 Å². The van der Waals surface area contributed by atoms with Crippen molar-refractivity contribution in [3.63, 3.8) is 0 Å². The Balaban J connectivity index is 1.25. The monoisotopic (exact) mass is 461 g/mol. The van der Waals surface area contributed by atoms with Crippen molar-refractivity contribution in [1.29, 1.82) is 0 Å². The van der Waals surface area contributed by atoms with Crippen molar-refractivity contribution in [3.05, 3.63) is 65.2 Å². The van der Waals surface area contributed by atoms with Crippen LogP contribution in [0.3, 0.4) is 0 Å². The molecule has 1 saturated heterocycles. The lowest BCUT2D eigenvalue weighted by Crippen LogP contribution is -2.44. The molecule has 0 unspecified atom stereocenters. The van der Waals surface area contributed by atoms with Gasteiger partial charge in [0.1, 0.15) is 0 Å². The van der Waals surface area contributed by atoms with Crippen LogP contribution in [0.25, 0.3) is 0 Å². The molecule has 2 N–H and O–H groups in total. The van der Waals surface area contributed by atoms with Crippen LogP contribution in [0.5, 0.6) is 0 Å². The summed E-state index contributed by atoms with van der Waals surface area (Å²) < 4.78 is 0. The molecule has 0 spiro atoms. The molecule has 182 valence electrons. The lowest BCUT2D eigenvalue weighted by Gasteiger charge is -2.32. The van der Waals surface area contributed by atoms with Crippen LogP contribution in [0.2, 0.25) is 0 Å². The van der Waals surface area contributed by atoms with Gasteiger partial charge in [-0.15, -0.1) is 0 Å². The zero-order valence-electron chi connectivity index (χ0n) is 20.7. The van der Waals surface area contributed by atoms with E-state index < -0.39 is 0 Å². The summed E-state index contributed by atoms with van der Waals surface area (Å²) in [6.45, 7) is 7.00. The van der Waals surface area contributed by atoms with Crippen molar-refractivity contribution in [2.24, 2.45) is 5.92 Å². The van der Waals surface area contributed by atoms with E-state index in [9.17, 15) is 9.59 Å². The number of hydrogen-bond acceptors (Lipinski definition) is 3. The average molecular weight is 462 g/mol. The van der Waals surface area contributed by atoms with E-state index in [1.165, 1.54) is 30.4 Å². The normalized spacial score (nSPS) is 18.1. The number of nitrogens with zero attached hydrogens (tertiary/aromatic N) is 1. The van der Waals surface area contributed by atoms with Crippen molar-refractivity contribution >= 4 is 17.5 Å². The molecule has 0 atom stereocenters. The molecule has 5 nitrogen and oxygen atoms in total. The molecule has 0 aromatic heterocycles. The quantitative estimate of drug-likeness (QED) is 0.554. The minimum Gasteiger partial charge on any atom is -0.353 e. The van der Waals surface area contributed by atoms with Crippen molar-refractivity contribution in [2.45, 2.75) is 77.3 Å². The summed E-state index contributed by atoms with van der Waals surface area (Å²) >= 11 is 0. The molecule has 4 rings (SSSR count). The van der Waals surface area contributed by atoms with Gasteiger partial charge < -0.3 is 10.6 Å². The fourth-order valence-corrected chi connectivity index (χ4v) is 5.15. The van der Waals surface area contributed by atoms with Crippen LogP contribution < -0.4 is 10.6 Å². The third kappa shape index (κ3) is 6.69. The van der Waals surface area contributed by atoms with Gasteiger partial charge in [0, 0.05) is 29.8 Å². The fraction of sp³-hybridized carbons (Fsp3) is 0.517. The van der Waals surface area contributed by atoms with Gasteiger partial charge in [-0.2, -0.15) is 0 Å². The first-order valence-electron chi connectivity index (χ1n) is 13.0. The van der Waals surface area contributed by atoms with Crippen molar-refractivity contribution < 1.29 is 9.59 Å². The molecule has 1 aliphatic heterocycles. The summed E-state index contributed by atoms with van der Waals surface area (Å²) in [7, 11) is 0.